The van der Waals surface area contributed by atoms with E-state index in [0.29, 0.717) is 0 Å². The minimum Gasteiger partial charge on any atom is -0.387 e. The van der Waals surface area contributed by atoms with Crippen LogP contribution in [0.1, 0.15) is 93.6 Å². The highest BCUT2D eigenvalue weighted by atomic mass is 16.3. The van der Waals surface area contributed by atoms with Crippen LogP contribution < -0.4 is 0 Å². The van der Waals surface area contributed by atoms with E-state index in [4.69, 9.17) is 0 Å². The Morgan fingerprint density at radius 3 is 2.28 bits per heavy atom. The van der Waals surface area contributed by atoms with Crippen LogP contribution in [0.25, 0.3) is 10.8 Å². The molecule has 1 N–H and O–H groups in total. The molecule has 2 heteroatoms. The second kappa shape index (κ2) is 11.1. The molecule has 2 nitrogen and oxygen atoms in total. The molecule has 2 aromatic rings. The Kier molecular flexibility index (Phi) is 8.56. The maximum absolute atomic E-state index is 11.1. The first-order chi connectivity index (χ1) is 14.1. The molecule has 0 fully saturated rings. The van der Waals surface area contributed by atoms with Crippen LogP contribution >= 0.6 is 0 Å². The molecule has 29 heavy (non-hydrogen) atoms. The fourth-order valence-electron chi connectivity index (χ4n) is 4.91. The summed E-state index contributed by atoms with van der Waals surface area (Å²) in [6.45, 7) is 9.71. The Labute approximate surface area is 178 Å². The maximum atomic E-state index is 11.1. The van der Waals surface area contributed by atoms with E-state index in [1.807, 2.05) is 0 Å². The van der Waals surface area contributed by atoms with E-state index >= 15 is 0 Å². The van der Waals surface area contributed by atoms with E-state index in [0.717, 1.165) is 25.2 Å². The average Bonchev–Trinajstić information content (AvgIpc) is 2.73. The molecule has 1 aliphatic rings. The summed E-state index contributed by atoms with van der Waals surface area (Å²) in [4.78, 5) is 2.49. The zero-order valence-corrected chi connectivity index (χ0v) is 19.0. The molecule has 1 unspecified atom stereocenters. The van der Waals surface area contributed by atoms with Crippen molar-refractivity contribution >= 4 is 10.8 Å². The molecule has 0 heterocycles. The molecule has 160 valence electrons. The third-order valence-electron chi connectivity index (χ3n) is 6.67. The number of aliphatic hydroxyl groups excluding tert-OH is 1. The standard InChI is InChI=1S/C27H41NO/c1-4-6-10-16-28(17-11-7-5-2)20-27(29)23-14-15-25-24-13-9-8-12-22(24)18-21(3)26(25)19-23/h14-15,18-19,27,29H,4-13,16-17,20H2,1-3H3. The van der Waals surface area contributed by atoms with Crippen molar-refractivity contribution in [3.05, 3.63) is 46.5 Å². The minimum absolute atomic E-state index is 0.405. The van der Waals surface area contributed by atoms with E-state index < -0.39 is 6.10 Å². The Morgan fingerprint density at radius 1 is 0.897 bits per heavy atom. The van der Waals surface area contributed by atoms with Crippen LogP contribution in [-0.2, 0) is 12.8 Å². The Balaban J connectivity index is 1.76. The lowest BCUT2D eigenvalue weighted by Crippen LogP contribution is -2.31. The van der Waals surface area contributed by atoms with Gasteiger partial charge in [0.25, 0.3) is 0 Å². The van der Waals surface area contributed by atoms with Crippen LogP contribution in [0.5, 0.6) is 0 Å². The van der Waals surface area contributed by atoms with Crippen LogP contribution in [0, 0.1) is 6.92 Å². The number of benzene rings is 2. The third-order valence-corrected chi connectivity index (χ3v) is 6.67. The van der Waals surface area contributed by atoms with E-state index in [9.17, 15) is 5.11 Å². The summed E-state index contributed by atoms with van der Waals surface area (Å²) < 4.78 is 0. The minimum atomic E-state index is -0.405. The van der Waals surface area contributed by atoms with Gasteiger partial charge < -0.3 is 10.0 Å². The SMILES string of the molecule is CCCCCN(CCCCC)CC(O)c1ccc2c3c(cc(C)c2c1)CCCC3. The zero-order chi connectivity index (χ0) is 20.6. The lowest BCUT2D eigenvalue weighted by molar-refractivity contribution is 0.110. The first-order valence-electron chi connectivity index (χ1n) is 12.1. The quantitative estimate of drug-likeness (QED) is 0.426. The summed E-state index contributed by atoms with van der Waals surface area (Å²) >= 11 is 0. The van der Waals surface area contributed by atoms with Gasteiger partial charge in [-0.15, -0.1) is 0 Å². The van der Waals surface area contributed by atoms with Gasteiger partial charge in [0.15, 0.2) is 0 Å². The molecule has 0 radical (unpaired) electrons. The monoisotopic (exact) mass is 395 g/mol. The highest BCUT2D eigenvalue weighted by molar-refractivity contribution is 5.90. The van der Waals surface area contributed by atoms with Crippen molar-refractivity contribution in [2.75, 3.05) is 19.6 Å². The van der Waals surface area contributed by atoms with Crippen molar-refractivity contribution in [1.82, 2.24) is 4.90 Å². The van der Waals surface area contributed by atoms with Crippen LogP contribution in [0.2, 0.25) is 0 Å². The summed E-state index contributed by atoms with van der Waals surface area (Å²) in [7, 11) is 0. The Bertz CT molecular complexity index is 772. The molecule has 0 spiro atoms. The molecule has 0 aliphatic heterocycles. The van der Waals surface area contributed by atoms with Crippen molar-refractivity contribution in [2.24, 2.45) is 0 Å². The van der Waals surface area contributed by atoms with Gasteiger partial charge in [-0.2, -0.15) is 0 Å². The van der Waals surface area contributed by atoms with E-state index in [-0.39, 0.29) is 0 Å². The number of fused-ring (bicyclic) bond motifs is 3. The molecule has 2 aromatic carbocycles. The number of unbranched alkanes of at least 4 members (excludes halogenated alkanes) is 4. The number of hydrogen-bond acceptors (Lipinski definition) is 2. The molecular weight excluding hydrogens is 354 g/mol. The van der Waals surface area contributed by atoms with Gasteiger partial charge in [-0.3, -0.25) is 0 Å². The first-order valence-corrected chi connectivity index (χ1v) is 12.1. The van der Waals surface area contributed by atoms with Crippen molar-refractivity contribution < 1.29 is 5.11 Å². The second-order valence-electron chi connectivity index (χ2n) is 9.07. The van der Waals surface area contributed by atoms with Gasteiger partial charge in [0, 0.05) is 6.54 Å². The molecule has 3 rings (SSSR count). The van der Waals surface area contributed by atoms with Gasteiger partial charge >= 0.3 is 0 Å². The van der Waals surface area contributed by atoms with Crippen LogP contribution in [0.15, 0.2) is 24.3 Å². The van der Waals surface area contributed by atoms with E-state index in [1.54, 1.807) is 11.1 Å². The highest BCUT2D eigenvalue weighted by Crippen LogP contribution is 2.33. The van der Waals surface area contributed by atoms with Crippen molar-refractivity contribution in [3.8, 4) is 0 Å². The largest absolute Gasteiger partial charge is 0.387 e. The van der Waals surface area contributed by atoms with Crippen LogP contribution in [0.3, 0.4) is 0 Å². The summed E-state index contributed by atoms with van der Waals surface area (Å²) in [6, 6.07) is 9.12. The van der Waals surface area contributed by atoms with Crippen LogP contribution in [0.4, 0.5) is 0 Å². The van der Waals surface area contributed by atoms with Crippen molar-refractivity contribution in [3.63, 3.8) is 0 Å². The number of hydrogen-bond donors (Lipinski definition) is 1. The Hall–Kier alpha value is -1.38. The molecule has 0 aromatic heterocycles. The lowest BCUT2D eigenvalue weighted by Gasteiger charge is -2.26. The zero-order valence-electron chi connectivity index (χ0n) is 19.0. The average molecular weight is 396 g/mol. The molecule has 0 saturated heterocycles. The molecule has 0 saturated carbocycles. The van der Waals surface area contributed by atoms with Gasteiger partial charge in [0.1, 0.15) is 0 Å². The molecule has 0 bridgehead atoms. The summed E-state index contributed by atoms with van der Waals surface area (Å²) in [6.07, 6.45) is 12.2. The van der Waals surface area contributed by atoms with Gasteiger partial charge in [-0.25, -0.2) is 0 Å². The number of aliphatic hydroxyl groups is 1. The maximum Gasteiger partial charge on any atom is 0.0917 e. The van der Waals surface area contributed by atoms with Gasteiger partial charge in [0.2, 0.25) is 0 Å². The summed E-state index contributed by atoms with van der Waals surface area (Å²) in [5, 5.41) is 13.8. The molecule has 1 aliphatic carbocycles. The van der Waals surface area contributed by atoms with Crippen molar-refractivity contribution in [1.29, 1.82) is 0 Å². The molecule has 0 amide bonds. The number of rotatable bonds is 11. The predicted molar refractivity (Wildman–Crippen MR) is 126 cm³/mol. The molecular formula is C27H41NO. The van der Waals surface area contributed by atoms with Gasteiger partial charge in [0.05, 0.1) is 6.10 Å². The highest BCUT2D eigenvalue weighted by Gasteiger charge is 2.17. The fourth-order valence-corrected chi connectivity index (χ4v) is 4.91. The van der Waals surface area contributed by atoms with Crippen LogP contribution in [-0.4, -0.2) is 29.6 Å². The number of nitrogens with zero attached hydrogens (tertiary/aromatic N) is 1. The topological polar surface area (TPSA) is 23.5 Å². The molecule has 1 atom stereocenters. The summed E-state index contributed by atoms with van der Waals surface area (Å²) in [5.74, 6) is 0. The fraction of sp³-hybridized carbons (Fsp3) is 0.630. The predicted octanol–water partition coefficient (Wildman–Crippen LogP) is 6.74. The smallest absolute Gasteiger partial charge is 0.0917 e. The Morgan fingerprint density at radius 2 is 1.59 bits per heavy atom. The van der Waals surface area contributed by atoms with Gasteiger partial charge in [-0.05, 0) is 97.6 Å². The van der Waals surface area contributed by atoms with E-state index in [1.165, 1.54) is 80.5 Å². The van der Waals surface area contributed by atoms with Crippen molar-refractivity contribution in [2.45, 2.75) is 91.1 Å². The van der Waals surface area contributed by atoms with E-state index in [2.05, 4.69) is 49.9 Å². The number of aryl methyl sites for hydroxylation is 3. The normalized spacial score (nSPS) is 15.1. The summed E-state index contributed by atoms with van der Waals surface area (Å²) in [5.41, 5.74) is 5.54. The third kappa shape index (κ3) is 5.83. The lowest BCUT2D eigenvalue weighted by atomic mass is 9.85. The van der Waals surface area contributed by atoms with Gasteiger partial charge in [-0.1, -0.05) is 57.7 Å². The second-order valence-corrected chi connectivity index (χ2v) is 9.07. The first kappa shape index (κ1) is 22.3.